The lowest BCUT2D eigenvalue weighted by Crippen LogP contribution is -2.08. The Kier molecular flexibility index (Phi) is 3.30. The molecular formula is C17H9F3N2. The van der Waals surface area contributed by atoms with Crippen molar-refractivity contribution in [1.29, 1.82) is 5.26 Å². The summed E-state index contributed by atoms with van der Waals surface area (Å²) in [5.74, 6) is 0. The highest BCUT2D eigenvalue weighted by molar-refractivity contribution is 5.95. The molecule has 1 heterocycles. The van der Waals surface area contributed by atoms with E-state index in [0.717, 1.165) is 6.07 Å². The molecule has 0 saturated heterocycles. The minimum Gasteiger partial charge on any atom is -0.243 e. The van der Waals surface area contributed by atoms with Gasteiger partial charge in [0, 0.05) is 5.39 Å². The molecule has 1 aromatic heterocycles. The van der Waals surface area contributed by atoms with Gasteiger partial charge in [-0.2, -0.15) is 18.4 Å². The summed E-state index contributed by atoms with van der Waals surface area (Å²) >= 11 is 0. The van der Waals surface area contributed by atoms with Gasteiger partial charge in [-0.3, -0.25) is 0 Å². The van der Waals surface area contributed by atoms with Crippen LogP contribution < -0.4 is 0 Å². The van der Waals surface area contributed by atoms with Gasteiger partial charge in [0.25, 0.3) is 0 Å². The zero-order valence-corrected chi connectivity index (χ0v) is 11.2. The molecule has 0 spiro atoms. The first-order valence-electron chi connectivity index (χ1n) is 6.46. The first kappa shape index (κ1) is 14.1. The summed E-state index contributed by atoms with van der Waals surface area (Å²) in [5.41, 5.74) is 0.716. The molecule has 3 rings (SSSR count). The van der Waals surface area contributed by atoms with Crippen LogP contribution in [0.2, 0.25) is 0 Å². The van der Waals surface area contributed by atoms with Crippen molar-refractivity contribution in [1.82, 2.24) is 4.98 Å². The maximum atomic E-state index is 13.0. The van der Waals surface area contributed by atoms with Gasteiger partial charge in [0.2, 0.25) is 0 Å². The van der Waals surface area contributed by atoms with Crippen LogP contribution in [0.1, 0.15) is 11.3 Å². The van der Waals surface area contributed by atoms with Crippen molar-refractivity contribution in [3.63, 3.8) is 0 Å². The number of nitrogens with zero attached hydrogens (tertiary/aromatic N) is 2. The number of alkyl halides is 3. The standard InChI is InChI=1S/C17H9F3N2/c18-17(19,20)16-9-13(12-4-2-1-3-5-12)14-8-11(10-21)6-7-15(14)22-16/h1-9H. The number of benzene rings is 2. The summed E-state index contributed by atoms with van der Waals surface area (Å²) in [6.45, 7) is 0. The van der Waals surface area contributed by atoms with Gasteiger partial charge in [0.05, 0.1) is 17.1 Å². The van der Waals surface area contributed by atoms with E-state index in [2.05, 4.69) is 4.98 Å². The van der Waals surface area contributed by atoms with E-state index in [0.29, 0.717) is 22.1 Å². The van der Waals surface area contributed by atoms with Gasteiger partial charge in [-0.05, 0) is 35.4 Å². The predicted molar refractivity (Wildman–Crippen MR) is 76.9 cm³/mol. The lowest BCUT2D eigenvalue weighted by atomic mass is 9.99. The van der Waals surface area contributed by atoms with E-state index in [1.54, 1.807) is 36.4 Å². The van der Waals surface area contributed by atoms with Crippen LogP contribution in [-0.2, 0) is 6.18 Å². The minimum absolute atomic E-state index is 0.215. The molecule has 108 valence electrons. The number of halogens is 3. The highest BCUT2D eigenvalue weighted by Gasteiger charge is 2.33. The highest BCUT2D eigenvalue weighted by Crippen LogP contribution is 2.35. The molecule has 0 atom stereocenters. The Morgan fingerprint density at radius 2 is 1.68 bits per heavy atom. The van der Waals surface area contributed by atoms with Crippen molar-refractivity contribution >= 4 is 10.9 Å². The van der Waals surface area contributed by atoms with Gasteiger partial charge in [-0.15, -0.1) is 0 Å². The Bertz CT molecular complexity index is 878. The third-order valence-electron chi connectivity index (χ3n) is 3.31. The topological polar surface area (TPSA) is 36.7 Å². The molecule has 0 N–H and O–H groups in total. The SMILES string of the molecule is N#Cc1ccc2nc(C(F)(F)F)cc(-c3ccccc3)c2c1. The Hall–Kier alpha value is -2.87. The molecule has 0 aliphatic heterocycles. The van der Waals surface area contributed by atoms with Crippen molar-refractivity contribution in [3.05, 3.63) is 65.9 Å². The van der Waals surface area contributed by atoms with Gasteiger partial charge in [-0.1, -0.05) is 30.3 Å². The second kappa shape index (κ2) is 5.15. The van der Waals surface area contributed by atoms with E-state index < -0.39 is 11.9 Å². The minimum atomic E-state index is -4.52. The Labute approximate surface area is 124 Å². The maximum Gasteiger partial charge on any atom is 0.433 e. The summed E-state index contributed by atoms with van der Waals surface area (Å²) in [4.78, 5) is 3.67. The molecule has 22 heavy (non-hydrogen) atoms. The van der Waals surface area contributed by atoms with Gasteiger partial charge in [0.15, 0.2) is 0 Å². The second-order valence-corrected chi connectivity index (χ2v) is 4.76. The molecule has 0 fully saturated rings. The number of fused-ring (bicyclic) bond motifs is 1. The Balaban J connectivity index is 2.38. The first-order chi connectivity index (χ1) is 10.5. The van der Waals surface area contributed by atoms with Crippen LogP contribution in [0.3, 0.4) is 0 Å². The van der Waals surface area contributed by atoms with E-state index in [1.165, 1.54) is 12.1 Å². The number of hydrogen-bond donors (Lipinski definition) is 0. The molecule has 0 radical (unpaired) electrons. The lowest BCUT2D eigenvalue weighted by molar-refractivity contribution is -0.140. The summed E-state index contributed by atoms with van der Waals surface area (Å²) in [7, 11) is 0. The third kappa shape index (κ3) is 2.51. The van der Waals surface area contributed by atoms with E-state index in [4.69, 9.17) is 5.26 Å². The largest absolute Gasteiger partial charge is 0.433 e. The Morgan fingerprint density at radius 3 is 2.32 bits per heavy atom. The number of aromatic nitrogens is 1. The summed E-state index contributed by atoms with van der Waals surface area (Å²) in [5, 5.41) is 9.52. The molecular weight excluding hydrogens is 289 g/mol. The molecule has 0 bridgehead atoms. The van der Waals surface area contributed by atoms with Crippen molar-refractivity contribution in [3.8, 4) is 17.2 Å². The van der Waals surface area contributed by atoms with E-state index in [9.17, 15) is 13.2 Å². The van der Waals surface area contributed by atoms with Crippen LogP contribution >= 0.6 is 0 Å². The van der Waals surface area contributed by atoms with Gasteiger partial charge >= 0.3 is 6.18 Å². The normalized spacial score (nSPS) is 11.4. The van der Waals surface area contributed by atoms with E-state index >= 15 is 0 Å². The van der Waals surface area contributed by atoms with Crippen LogP contribution in [0.15, 0.2) is 54.6 Å². The average molecular weight is 298 g/mol. The summed E-state index contributed by atoms with van der Waals surface area (Å²) in [6.07, 6.45) is -4.52. The molecule has 0 saturated carbocycles. The number of hydrogen-bond acceptors (Lipinski definition) is 2. The maximum absolute atomic E-state index is 13.0. The number of rotatable bonds is 1. The zero-order valence-electron chi connectivity index (χ0n) is 11.2. The lowest BCUT2D eigenvalue weighted by Gasteiger charge is -2.12. The van der Waals surface area contributed by atoms with Crippen LogP contribution in [0.25, 0.3) is 22.0 Å². The highest BCUT2D eigenvalue weighted by atomic mass is 19.4. The number of nitriles is 1. The first-order valence-corrected chi connectivity index (χ1v) is 6.46. The number of pyridine rings is 1. The molecule has 0 amide bonds. The van der Waals surface area contributed by atoms with Crippen molar-refractivity contribution in [2.24, 2.45) is 0 Å². The summed E-state index contributed by atoms with van der Waals surface area (Å²) in [6, 6.07) is 16.2. The fourth-order valence-corrected chi connectivity index (χ4v) is 2.30. The molecule has 0 unspecified atom stereocenters. The Morgan fingerprint density at radius 1 is 0.955 bits per heavy atom. The quantitative estimate of drug-likeness (QED) is 0.647. The van der Waals surface area contributed by atoms with Crippen molar-refractivity contribution in [2.75, 3.05) is 0 Å². The second-order valence-electron chi connectivity index (χ2n) is 4.76. The van der Waals surface area contributed by atoms with Gasteiger partial charge in [0.1, 0.15) is 5.69 Å². The molecule has 2 nitrogen and oxygen atoms in total. The van der Waals surface area contributed by atoms with E-state index in [-0.39, 0.29) is 5.52 Å². The van der Waals surface area contributed by atoms with Crippen LogP contribution in [0, 0.1) is 11.3 Å². The molecule has 0 aliphatic rings. The van der Waals surface area contributed by atoms with Crippen LogP contribution in [0.5, 0.6) is 0 Å². The monoisotopic (exact) mass is 298 g/mol. The van der Waals surface area contributed by atoms with Crippen LogP contribution in [-0.4, -0.2) is 4.98 Å². The molecule has 3 aromatic rings. The molecule has 5 heteroatoms. The fourth-order valence-electron chi connectivity index (χ4n) is 2.30. The smallest absolute Gasteiger partial charge is 0.243 e. The zero-order chi connectivity index (χ0) is 15.7. The van der Waals surface area contributed by atoms with Crippen molar-refractivity contribution in [2.45, 2.75) is 6.18 Å². The van der Waals surface area contributed by atoms with E-state index in [1.807, 2.05) is 6.07 Å². The van der Waals surface area contributed by atoms with Gasteiger partial charge in [-0.25, -0.2) is 4.98 Å². The van der Waals surface area contributed by atoms with Crippen LogP contribution in [0.4, 0.5) is 13.2 Å². The molecule has 0 aliphatic carbocycles. The third-order valence-corrected chi connectivity index (χ3v) is 3.31. The molecule has 2 aromatic carbocycles. The summed E-state index contributed by atoms with van der Waals surface area (Å²) < 4.78 is 39.1. The predicted octanol–water partition coefficient (Wildman–Crippen LogP) is 4.79. The van der Waals surface area contributed by atoms with Crippen molar-refractivity contribution < 1.29 is 13.2 Å². The van der Waals surface area contributed by atoms with Gasteiger partial charge < -0.3 is 0 Å². The average Bonchev–Trinajstić information content (AvgIpc) is 2.53. The fraction of sp³-hybridized carbons (Fsp3) is 0.0588.